The zero-order chi connectivity index (χ0) is 15.6. The molecule has 0 bridgehead atoms. The molecule has 0 fully saturated rings. The van der Waals surface area contributed by atoms with Gasteiger partial charge < -0.3 is 4.31 Å². The van der Waals surface area contributed by atoms with Crippen molar-refractivity contribution in [2.24, 2.45) is 0 Å². The Kier molecular flexibility index (Phi) is 4.23. The number of nitro groups is 1. The first-order valence-electron chi connectivity index (χ1n) is 6.69. The Labute approximate surface area is 126 Å². The molecule has 0 aliphatic carbocycles. The molecule has 0 aromatic heterocycles. The molecule has 1 aromatic rings. The van der Waals surface area contributed by atoms with E-state index < -0.39 is 14.3 Å². The SMILES string of the molecule is C=S(=C)(c1ccc([N+](=O)[O-])cc1)N1CCC=C(C)C=C1C. The van der Waals surface area contributed by atoms with Crippen LogP contribution in [0, 0.1) is 10.1 Å². The summed E-state index contributed by atoms with van der Waals surface area (Å²) in [4.78, 5) is 11.3. The quantitative estimate of drug-likeness (QED) is 0.480. The predicted octanol–water partition coefficient (Wildman–Crippen LogP) is 4.09. The minimum atomic E-state index is -1.69. The van der Waals surface area contributed by atoms with Gasteiger partial charge in [-0.2, -0.15) is 0 Å². The van der Waals surface area contributed by atoms with E-state index in [0.717, 1.165) is 23.6 Å². The Hall–Kier alpha value is -2.01. The molecule has 4 nitrogen and oxygen atoms in total. The smallest absolute Gasteiger partial charge is 0.269 e. The summed E-state index contributed by atoms with van der Waals surface area (Å²) < 4.78 is 2.22. The fourth-order valence-electron chi connectivity index (χ4n) is 2.45. The van der Waals surface area contributed by atoms with E-state index in [-0.39, 0.29) is 5.69 Å². The highest BCUT2D eigenvalue weighted by molar-refractivity contribution is 8.26. The van der Waals surface area contributed by atoms with Gasteiger partial charge in [0.25, 0.3) is 5.69 Å². The van der Waals surface area contributed by atoms with E-state index in [9.17, 15) is 10.1 Å². The molecule has 0 radical (unpaired) electrons. The third-order valence-corrected chi connectivity index (χ3v) is 6.00. The first kappa shape index (κ1) is 15.4. The number of nitrogens with zero attached hydrogens (tertiary/aromatic N) is 2. The minimum absolute atomic E-state index is 0.0922. The minimum Gasteiger partial charge on any atom is -0.328 e. The molecule has 0 amide bonds. The van der Waals surface area contributed by atoms with Gasteiger partial charge in [0.15, 0.2) is 0 Å². The van der Waals surface area contributed by atoms with Crippen LogP contribution in [-0.4, -0.2) is 27.5 Å². The maximum absolute atomic E-state index is 10.8. The largest absolute Gasteiger partial charge is 0.328 e. The first-order valence-corrected chi connectivity index (χ1v) is 8.62. The number of hydrogen-bond acceptors (Lipinski definition) is 3. The van der Waals surface area contributed by atoms with Gasteiger partial charge in [0.2, 0.25) is 0 Å². The average molecular weight is 304 g/mol. The third-order valence-electron chi connectivity index (χ3n) is 3.54. The highest BCUT2D eigenvalue weighted by Gasteiger charge is 2.16. The van der Waals surface area contributed by atoms with Crippen LogP contribution < -0.4 is 0 Å². The lowest BCUT2D eigenvalue weighted by Gasteiger charge is -2.33. The summed E-state index contributed by atoms with van der Waals surface area (Å²) in [6.45, 7) is 5.01. The molecule has 0 spiro atoms. The van der Waals surface area contributed by atoms with Crippen LogP contribution in [0.5, 0.6) is 0 Å². The van der Waals surface area contributed by atoms with Crippen molar-refractivity contribution in [3.8, 4) is 0 Å². The van der Waals surface area contributed by atoms with Gasteiger partial charge in [-0.25, -0.2) is 0 Å². The van der Waals surface area contributed by atoms with E-state index in [4.69, 9.17) is 0 Å². The lowest BCUT2D eigenvalue weighted by molar-refractivity contribution is -0.384. The fourth-order valence-corrected chi connectivity index (χ4v) is 4.40. The summed E-state index contributed by atoms with van der Waals surface area (Å²) in [7, 11) is -1.69. The molecule has 0 N–H and O–H groups in total. The Morgan fingerprint density at radius 2 is 1.86 bits per heavy atom. The molecule has 0 unspecified atom stereocenters. The van der Waals surface area contributed by atoms with Crippen molar-refractivity contribution >= 4 is 26.8 Å². The molecule has 112 valence electrons. The number of hydrogen-bond donors (Lipinski definition) is 0. The molecule has 0 saturated heterocycles. The van der Waals surface area contributed by atoms with Crippen LogP contribution >= 0.6 is 9.39 Å². The van der Waals surface area contributed by atoms with Crippen molar-refractivity contribution in [2.75, 3.05) is 6.54 Å². The van der Waals surface area contributed by atoms with Crippen LogP contribution in [0.2, 0.25) is 0 Å². The van der Waals surface area contributed by atoms with Crippen LogP contribution in [-0.2, 0) is 0 Å². The normalized spacial score (nSPS) is 16.0. The van der Waals surface area contributed by atoms with Crippen molar-refractivity contribution in [1.29, 1.82) is 0 Å². The van der Waals surface area contributed by atoms with Crippen LogP contribution in [0.4, 0.5) is 5.69 Å². The molecule has 21 heavy (non-hydrogen) atoms. The molecule has 1 aromatic carbocycles. The molecular formula is C16H20N2O2S. The standard InChI is InChI=1S/C16H20N2O2S/c1-13-6-5-11-17(14(2)12-13)21(3,4)16-9-7-15(8-10-16)18(19)20/h6-10,12H,3-5,11H2,1-2H3. The van der Waals surface area contributed by atoms with E-state index in [1.54, 1.807) is 12.1 Å². The lowest BCUT2D eigenvalue weighted by atomic mass is 10.2. The van der Waals surface area contributed by atoms with E-state index >= 15 is 0 Å². The second-order valence-corrected chi connectivity index (χ2v) is 7.81. The average Bonchev–Trinajstić information content (AvgIpc) is 2.59. The number of nitro benzene ring substituents is 1. The van der Waals surface area contributed by atoms with Crippen LogP contribution in [0.25, 0.3) is 0 Å². The van der Waals surface area contributed by atoms with Crippen LogP contribution in [0.15, 0.2) is 52.6 Å². The van der Waals surface area contributed by atoms with Gasteiger partial charge in [-0.15, -0.1) is 9.39 Å². The van der Waals surface area contributed by atoms with Crippen molar-refractivity contribution in [3.05, 3.63) is 57.8 Å². The third kappa shape index (κ3) is 3.19. The second-order valence-electron chi connectivity index (χ2n) is 5.22. The maximum Gasteiger partial charge on any atom is 0.269 e. The summed E-state index contributed by atoms with van der Waals surface area (Å²) in [5, 5.41) is 10.8. The zero-order valence-electron chi connectivity index (χ0n) is 12.4. The Morgan fingerprint density at radius 3 is 2.43 bits per heavy atom. The zero-order valence-corrected chi connectivity index (χ0v) is 13.2. The van der Waals surface area contributed by atoms with E-state index in [0.29, 0.717) is 0 Å². The molecule has 1 aliphatic heterocycles. The Balaban J connectivity index is 2.38. The highest BCUT2D eigenvalue weighted by atomic mass is 32.2. The predicted molar refractivity (Wildman–Crippen MR) is 92.0 cm³/mol. The maximum atomic E-state index is 10.8. The molecular weight excluding hydrogens is 284 g/mol. The number of rotatable bonds is 3. The molecule has 2 rings (SSSR count). The Bertz CT molecular complexity index is 713. The molecule has 1 heterocycles. The highest BCUT2D eigenvalue weighted by Crippen LogP contribution is 2.40. The van der Waals surface area contributed by atoms with Gasteiger partial charge >= 0.3 is 0 Å². The Morgan fingerprint density at radius 1 is 1.24 bits per heavy atom. The summed E-state index contributed by atoms with van der Waals surface area (Å²) in [5.74, 6) is 8.64. The van der Waals surface area contributed by atoms with Crippen molar-refractivity contribution in [2.45, 2.75) is 25.2 Å². The number of allylic oxidation sites excluding steroid dienone is 3. The summed E-state index contributed by atoms with van der Waals surface area (Å²) in [5.41, 5.74) is 2.48. The van der Waals surface area contributed by atoms with Gasteiger partial charge in [0.05, 0.1) is 4.92 Å². The van der Waals surface area contributed by atoms with Gasteiger partial charge in [0, 0.05) is 29.3 Å². The van der Waals surface area contributed by atoms with Crippen molar-refractivity contribution < 1.29 is 4.92 Å². The fraction of sp³-hybridized carbons (Fsp3) is 0.250. The van der Waals surface area contributed by atoms with Gasteiger partial charge in [-0.05, 0) is 38.5 Å². The van der Waals surface area contributed by atoms with E-state index in [1.165, 1.54) is 17.7 Å². The topological polar surface area (TPSA) is 46.4 Å². The second kappa shape index (κ2) is 5.77. The summed E-state index contributed by atoms with van der Waals surface area (Å²) in [6, 6.07) is 6.58. The summed E-state index contributed by atoms with van der Waals surface area (Å²) >= 11 is 0. The van der Waals surface area contributed by atoms with Gasteiger partial charge in [-0.3, -0.25) is 10.1 Å². The molecule has 0 atom stereocenters. The van der Waals surface area contributed by atoms with Crippen molar-refractivity contribution in [1.82, 2.24) is 4.31 Å². The lowest BCUT2D eigenvalue weighted by Crippen LogP contribution is -2.18. The molecule has 5 heteroatoms. The van der Waals surface area contributed by atoms with E-state index in [2.05, 4.69) is 42.0 Å². The van der Waals surface area contributed by atoms with Crippen LogP contribution in [0.3, 0.4) is 0 Å². The number of non-ortho nitro benzene ring substituents is 1. The van der Waals surface area contributed by atoms with Gasteiger partial charge in [-0.1, -0.05) is 23.4 Å². The van der Waals surface area contributed by atoms with Crippen LogP contribution in [0.1, 0.15) is 20.3 Å². The van der Waals surface area contributed by atoms with Gasteiger partial charge in [0.1, 0.15) is 0 Å². The summed E-state index contributed by atoms with van der Waals surface area (Å²) in [6.07, 6.45) is 5.29. The number of benzene rings is 1. The van der Waals surface area contributed by atoms with Crippen molar-refractivity contribution in [3.63, 3.8) is 0 Å². The monoisotopic (exact) mass is 304 g/mol. The molecule has 0 saturated carbocycles. The van der Waals surface area contributed by atoms with E-state index in [1.807, 2.05) is 0 Å². The molecule has 1 aliphatic rings. The first-order chi connectivity index (χ1) is 9.82.